The Hall–Kier alpha value is -0.940. The molecule has 0 fully saturated rings. The van der Waals surface area contributed by atoms with Crippen LogP contribution in [-0.2, 0) is 9.59 Å². The van der Waals surface area contributed by atoms with Crippen LogP contribution in [0.2, 0.25) is 0 Å². The fourth-order valence-corrected chi connectivity index (χ4v) is 2.69. The van der Waals surface area contributed by atoms with Crippen molar-refractivity contribution in [3.63, 3.8) is 0 Å². The first-order valence-corrected chi connectivity index (χ1v) is 10.5. The van der Waals surface area contributed by atoms with Crippen LogP contribution in [0.3, 0.4) is 0 Å². The quantitative estimate of drug-likeness (QED) is 0.235. The lowest BCUT2D eigenvalue weighted by molar-refractivity contribution is -0.137. The molecule has 0 aromatic rings. The zero-order valence-corrected chi connectivity index (χ0v) is 16.8. The third-order valence-corrected chi connectivity index (χ3v) is 4.34. The molecule has 0 aromatic heterocycles. The van der Waals surface area contributed by atoms with Crippen LogP contribution in [-0.4, -0.2) is 40.3 Å². The number of carbonyl (C=O) groups is 2. The van der Waals surface area contributed by atoms with E-state index in [9.17, 15) is 9.59 Å². The fraction of sp³-hybridized carbons (Fsp3) is 0.905. The van der Waals surface area contributed by atoms with Crippen molar-refractivity contribution < 1.29 is 24.9 Å². The zero-order chi connectivity index (χ0) is 19.9. The molecule has 0 heterocycles. The average Bonchev–Trinajstić information content (AvgIpc) is 2.64. The Bertz CT molecular complexity index is 294. The molecule has 26 heavy (non-hydrogen) atoms. The van der Waals surface area contributed by atoms with Gasteiger partial charge in [0.05, 0.1) is 6.61 Å². The highest BCUT2D eigenvalue weighted by Gasteiger charge is 1.97. The minimum absolute atomic E-state index is 0.278. The first-order valence-electron chi connectivity index (χ1n) is 10.5. The number of carbonyl (C=O) groups excluding carboxylic acids is 1. The molecule has 0 saturated heterocycles. The van der Waals surface area contributed by atoms with Crippen LogP contribution in [0.1, 0.15) is 110 Å². The minimum atomic E-state index is -1.19. The maximum Gasteiger partial charge on any atom is 0.303 e. The lowest BCUT2D eigenvalue weighted by Crippen LogP contribution is -2.12. The Kier molecular flexibility index (Phi) is 25.2. The molecule has 0 aliphatic heterocycles. The summed E-state index contributed by atoms with van der Waals surface area (Å²) in [5.41, 5.74) is 0. The molecule has 0 radical (unpaired) electrons. The van der Waals surface area contributed by atoms with E-state index in [0.717, 1.165) is 12.8 Å². The predicted octanol–water partition coefficient (Wildman–Crippen LogP) is 4.87. The van der Waals surface area contributed by atoms with Crippen LogP contribution >= 0.6 is 0 Å². The maximum absolute atomic E-state index is 10.3. The number of aliphatic carboxylic acids is 1. The van der Waals surface area contributed by atoms with Gasteiger partial charge in [0.25, 0.3) is 0 Å². The van der Waals surface area contributed by atoms with Gasteiger partial charge in [0.1, 0.15) is 6.10 Å². The number of aldehydes is 1. The molecule has 5 nitrogen and oxygen atoms in total. The summed E-state index contributed by atoms with van der Waals surface area (Å²) in [4.78, 5) is 19.7. The summed E-state index contributed by atoms with van der Waals surface area (Å²) in [6.45, 7) is 1.79. The highest BCUT2D eigenvalue weighted by atomic mass is 16.4. The number of unbranched alkanes of at least 4 members (excludes halogenated alkanes) is 14. The van der Waals surface area contributed by atoms with E-state index in [4.69, 9.17) is 15.3 Å². The van der Waals surface area contributed by atoms with Gasteiger partial charge < -0.3 is 20.1 Å². The fourth-order valence-electron chi connectivity index (χ4n) is 2.69. The van der Waals surface area contributed by atoms with E-state index in [-0.39, 0.29) is 6.29 Å². The van der Waals surface area contributed by atoms with Crippen LogP contribution < -0.4 is 0 Å². The molecule has 0 saturated carbocycles. The average molecular weight is 375 g/mol. The molecule has 156 valence electrons. The monoisotopic (exact) mass is 374 g/mol. The van der Waals surface area contributed by atoms with E-state index >= 15 is 0 Å². The summed E-state index contributed by atoms with van der Waals surface area (Å²) in [6.07, 6.45) is 19.3. The molecule has 0 amide bonds. The number of carboxylic acids is 1. The second-order valence-corrected chi connectivity index (χ2v) is 6.98. The van der Waals surface area contributed by atoms with Crippen LogP contribution in [0.4, 0.5) is 0 Å². The standard InChI is InChI=1S/C18H36O2.C3H6O3/c1-2-3-4-5-6-7-8-9-10-11-12-13-14-15-16-17-18(19)20;4-1-3(6)2-5/h2-17H2,1H3,(H,19,20);1,3,5-6H,2H2/t;3-/m.0/s1. The van der Waals surface area contributed by atoms with Gasteiger partial charge in [-0.1, -0.05) is 96.8 Å². The van der Waals surface area contributed by atoms with Gasteiger partial charge in [0.2, 0.25) is 0 Å². The van der Waals surface area contributed by atoms with E-state index < -0.39 is 18.7 Å². The molecule has 0 bridgehead atoms. The molecule has 0 aliphatic rings. The SMILES string of the molecule is CCCCCCCCCCCCCCCCCC(=O)O.O=C[C@H](O)CO. The van der Waals surface area contributed by atoms with E-state index in [0.29, 0.717) is 6.42 Å². The van der Waals surface area contributed by atoms with Crippen LogP contribution in [0.15, 0.2) is 0 Å². The van der Waals surface area contributed by atoms with Gasteiger partial charge in [-0.15, -0.1) is 0 Å². The lowest BCUT2D eigenvalue weighted by atomic mass is 10.0. The van der Waals surface area contributed by atoms with Crippen LogP contribution in [0.25, 0.3) is 0 Å². The Labute approximate surface area is 160 Å². The molecule has 0 spiro atoms. The second-order valence-electron chi connectivity index (χ2n) is 6.98. The van der Waals surface area contributed by atoms with Gasteiger partial charge in [-0.3, -0.25) is 4.79 Å². The van der Waals surface area contributed by atoms with E-state index in [1.807, 2.05) is 0 Å². The Morgan fingerprint density at radius 1 is 0.769 bits per heavy atom. The van der Waals surface area contributed by atoms with Gasteiger partial charge in [-0.25, -0.2) is 0 Å². The number of aliphatic hydroxyl groups is 2. The smallest absolute Gasteiger partial charge is 0.303 e. The molecule has 3 N–H and O–H groups in total. The molecule has 0 rings (SSSR count). The predicted molar refractivity (Wildman–Crippen MR) is 106 cm³/mol. The second kappa shape index (κ2) is 24.1. The van der Waals surface area contributed by atoms with Crippen molar-refractivity contribution in [2.75, 3.05) is 6.61 Å². The first kappa shape index (κ1) is 27.3. The molecular weight excluding hydrogens is 332 g/mol. The van der Waals surface area contributed by atoms with Crippen LogP contribution in [0, 0.1) is 0 Å². The van der Waals surface area contributed by atoms with Crippen molar-refractivity contribution in [1.82, 2.24) is 0 Å². The van der Waals surface area contributed by atoms with Crippen molar-refractivity contribution in [2.24, 2.45) is 0 Å². The van der Waals surface area contributed by atoms with Crippen LogP contribution in [0.5, 0.6) is 0 Å². The molecule has 0 aliphatic carbocycles. The summed E-state index contributed by atoms with van der Waals surface area (Å²) in [5, 5.41) is 24.4. The summed E-state index contributed by atoms with van der Waals surface area (Å²) in [7, 11) is 0. The van der Waals surface area contributed by atoms with Crippen molar-refractivity contribution >= 4 is 12.3 Å². The maximum atomic E-state index is 10.3. The van der Waals surface area contributed by atoms with E-state index in [1.54, 1.807) is 0 Å². The number of rotatable bonds is 18. The first-order chi connectivity index (χ1) is 12.6. The number of carboxylic acid groups (broad SMARTS) is 1. The summed E-state index contributed by atoms with van der Waals surface area (Å²) in [6, 6.07) is 0. The Morgan fingerprint density at radius 2 is 1.12 bits per heavy atom. The van der Waals surface area contributed by atoms with E-state index in [1.165, 1.54) is 83.5 Å². The van der Waals surface area contributed by atoms with Gasteiger partial charge >= 0.3 is 5.97 Å². The molecular formula is C21H42O5. The molecule has 1 atom stereocenters. The van der Waals surface area contributed by atoms with Crippen molar-refractivity contribution in [2.45, 2.75) is 116 Å². The molecule has 5 heteroatoms. The summed E-state index contributed by atoms with van der Waals surface area (Å²) >= 11 is 0. The number of hydrogen-bond donors (Lipinski definition) is 3. The number of aliphatic hydroxyl groups excluding tert-OH is 2. The summed E-state index contributed by atoms with van der Waals surface area (Å²) in [5.74, 6) is -0.653. The van der Waals surface area contributed by atoms with Crippen molar-refractivity contribution in [3.8, 4) is 0 Å². The highest BCUT2D eigenvalue weighted by molar-refractivity contribution is 5.66. The largest absolute Gasteiger partial charge is 0.481 e. The Balaban J connectivity index is 0. The van der Waals surface area contributed by atoms with Crippen molar-refractivity contribution in [1.29, 1.82) is 0 Å². The molecule has 0 unspecified atom stereocenters. The summed E-state index contributed by atoms with van der Waals surface area (Å²) < 4.78 is 0. The normalized spacial score (nSPS) is 11.5. The lowest BCUT2D eigenvalue weighted by Gasteiger charge is -2.03. The third-order valence-electron chi connectivity index (χ3n) is 4.34. The third kappa shape index (κ3) is 27.9. The number of hydrogen-bond acceptors (Lipinski definition) is 4. The Morgan fingerprint density at radius 3 is 1.35 bits per heavy atom. The molecule has 0 aromatic carbocycles. The van der Waals surface area contributed by atoms with E-state index in [2.05, 4.69) is 6.92 Å². The van der Waals surface area contributed by atoms with Gasteiger partial charge in [0, 0.05) is 6.42 Å². The van der Waals surface area contributed by atoms with Gasteiger partial charge in [0.15, 0.2) is 6.29 Å². The highest BCUT2D eigenvalue weighted by Crippen LogP contribution is 2.13. The minimum Gasteiger partial charge on any atom is -0.481 e. The van der Waals surface area contributed by atoms with Gasteiger partial charge in [-0.2, -0.15) is 0 Å². The topological polar surface area (TPSA) is 94.8 Å². The zero-order valence-electron chi connectivity index (χ0n) is 16.8. The van der Waals surface area contributed by atoms with Crippen molar-refractivity contribution in [3.05, 3.63) is 0 Å². The van der Waals surface area contributed by atoms with Gasteiger partial charge in [-0.05, 0) is 6.42 Å².